The summed E-state index contributed by atoms with van der Waals surface area (Å²) in [5, 5.41) is 9.20. The number of rotatable bonds is 2. The Hall–Kier alpha value is -2.32. The predicted molar refractivity (Wildman–Crippen MR) is 87.3 cm³/mol. The number of para-hydroxylation sites is 1. The molecule has 3 aromatic rings. The molecule has 104 valence electrons. The van der Waals surface area contributed by atoms with Gasteiger partial charge in [0.05, 0.1) is 16.8 Å². The van der Waals surface area contributed by atoms with E-state index in [0.717, 1.165) is 27.7 Å². The van der Waals surface area contributed by atoms with E-state index in [1.54, 1.807) is 6.07 Å². The van der Waals surface area contributed by atoms with E-state index in [9.17, 15) is 5.26 Å². The maximum Gasteiger partial charge on any atom is 0.205 e. The average molecular weight is 341 g/mol. The third-order valence-electron chi connectivity index (χ3n) is 3.49. The summed E-state index contributed by atoms with van der Waals surface area (Å²) in [4.78, 5) is 4.36. The predicted octanol–water partition coefficient (Wildman–Crippen LogP) is 3.80. The first-order chi connectivity index (χ1) is 10.2. The number of nitrogens with two attached hydrogens (primary N) is 1. The molecule has 0 radical (unpaired) electrons. The van der Waals surface area contributed by atoms with Crippen LogP contribution in [-0.4, -0.2) is 9.55 Å². The molecule has 5 heteroatoms. The van der Waals surface area contributed by atoms with Gasteiger partial charge < -0.3 is 5.73 Å². The Morgan fingerprint density at radius 2 is 2.14 bits per heavy atom. The van der Waals surface area contributed by atoms with Crippen LogP contribution >= 0.6 is 15.9 Å². The normalized spacial score (nSPS) is 10.7. The van der Waals surface area contributed by atoms with Crippen LogP contribution in [0.2, 0.25) is 0 Å². The van der Waals surface area contributed by atoms with Gasteiger partial charge in [-0.1, -0.05) is 28.9 Å². The molecule has 0 saturated heterocycles. The number of fused-ring (bicyclic) bond motifs is 1. The maximum absolute atomic E-state index is 9.20. The Labute approximate surface area is 131 Å². The third-order valence-corrected chi connectivity index (χ3v) is 3.99. The maximum atomic E-state index is 9.20. The van der Waals surface area contributed by atoms with Crippen LogP contribution in [0.1, 0.15) is 18.1 Å². The SMILES string of the molecule is CCc1cc(Br)ccc1-n1c(N)nc2c(C#N)cccc21. The number of halogens is 1. The quantitative estimate of drug-likeness (QED) is 0.771. The van der Waals surface area contributed by atoms with Gasteiger partial charge in [-0.2, -0.15) is 5.26 Å². The fourth-order valence-corrected chi connectivity index (χ4v) is 2.92. The molecule has 0 unspecified atom stereocenters. The number of nitrogen functional groups attached to an aromatic ring is 1. The molecule has 21 heavy (non-hydrogen) atoms. The van der Waals surface area contributed by atoms with E-state index < -0.39 is 0 Å². The molecule has 0 aliphatic heterocycles. The van der Waals surface area contributed by atoms with Gasteiger partial charge in [0.15, 0.2) is 0 Å². The number of benzene rings is 2. The van der Waals surface area contributed by atoms with Crippen molar-refractivity contribution in [2.24, 2.45) is 0 Å². The molecular weight excluding hydrogens is 328 g/mol. The fraction of sp³-hybridized carbons (Fsp3) is 0.125. The summed E-state index contributed by atoms with van der Waals surface area (Å²) in [6, 6.07) is 13.8. The van der Waals surface area contributed by atoms with Crippen LogP contribution in [0, 0.1) is 11.3 Å². The van der Waals surface area contributed by atoms with Crippen molar-refractivity contribution in [1.29, 1.82) is 5.26 Å². The first kappa shape index (κ1) is 13.7. The minimum absolute atomic E-state index is 0.393. The molecule has 0 atom stereocenters. The molecule has 4 nitrogen and oxygen atoms in total. The standard InChI is InChI=1S/C16H13BrN4/c1-2-10-8-12(17)6-7-13(10)21-14-5-3-4-11(9-18)15(14)20-16(21)19/h3-8H,2H2,1H3,(H2,19,20). The molecule has 0 aliphatic carbocycles. The minimum Gasteiger partial charge on any atom is -0.369 e. The second-order valence-corrected chi connectivity index (χ2v) is 5.63. The van der Waals surface area contributed by atoms with Gasteiger partial charge in [0.25, 0.3) is 0 Å². The summed E-state index contributed by atoms with van der Waals surface area (Å²) in [6.07, 6.45) is 0.881. The van der Waals surface area contributed by atoms with Crippen molar-refractivity contribution in [3.05, 3.63) is 52.0 Å². The zero-order valence-corrected chi connectivity index (χ0v) is 13.1. The van der Waals surface area contributed by atoms with Crippen molar-refractivity contribution in [3.63, 3.8) is 0 Å². The molecule has 0 bridgehead atoms. The Morgan fingerprint density at radius 3 is 2.86 bits per heavy atom. The van der Waals surface area contributed by atoms with Crippen LogP contribution in [0.25, 0.3) is 16.7 Å². The lowest BCUT2D eigenvalue weighted by atomic mass is 10.1. The van der Waals surface area contributed by atoms with Crippen LogP contribution in [0.15, 0.2) is 40.9 Å². The minimum atomic E-state index is 0.393. The monoisotopic (exact) mass is 340 g/mol. The van der Waals surface area contributed by atoms with Crippen LogP contribution < -0.4 is 5.73 Å². The highest BCUT2D eigenvalue weighted by Crippen LogP contribution is 2.28. The van der Waals surface area contributed by atoms with Gasteiger partial charge in [-0.25, -0.2) is 4.98 Å². The van der Waals surface area contributed by atoms with Gasteiger partial charge >= 0.3 is 0 Å². The van der Waals surface area contributed by atoms with Crippen LogP contribution in [0.4, 0.5) is 5.95 Å². The van der Waals surface area contributed by atoms with Gasteiger partial charge in [0, 0.05) is 4.47 Å². The van der Waals surface area contributed by atoms with Crippen LogP contribution in [0.3, 0.4) is 0 Å². The van der Waals surface area contributed by atoms with Gasteiger partial charge in [0.2, 0.25) is 5.95 Å². The van der Waals surface area contributed by atoms with E-state index in [-0.39, 0.29) is 0 Å². The smallest absolute Gasteiger partial charge is 0.205 e. The second kappa shape index (κ2) is 5.23. The Balaban J connectivity index is 2.36. The summed E-state index contributed by atoms with van der Waals surface area (Å²) >= 11 is 3.49. The van der Waals surface area contributed by atoms with E-state index in [1.165, 1.54) is 0 Å². The fourth-order valence-electron chi connectivity index (χ4n) is 2.52. The lowest BCUT2D eigenvalue weighted by Gasteiger charge is -2.12. The van der Waals surface area contributed by atoms with Crippen molar-refractivity contribution in [2.75, 3.05) is 5.73 Å². The Morgan fingerprint density at radius 1 is 1.33 bits per heavy atom. The molecule has 0 fully saturated rings. The van der Waals surface area contributed by atoms with Crippen molar-refractivity contribution in [2.45, 2.75) is 13.3 Å². The third kappa shape index (κ3) is 2.18. The molecule has 0 aliphatic rings. The summed E-state index contributed by atoms with van der Waals surface area (Å²) < 4.78 is 2.94. The number of nitriles is 1. The molecule has 3 rings (SSSR count). The van der Waals surface area contributed by atoms with Crippen molar-refractivity contribution in [1.82, 2.24) is 9.55 Å². The molecule has 1 aromatic heterocycles. The van der Waals surface area contributed by atoms with Crippen molar-refractivity contribution in [3.8, 4) is 11.8 Å². The molecule has 0 amide bonds. The number of hydrogen-bond donors (Lipinski definition) is 1. The van der Waals surface area contributed by atoms with E-state index in [0.29, 0.717) is 17.0 Å². The number of nitrogens with zero attached hydrogens (tertiary/aromatic N) is 3. The summed E-state index contributed by atoms with van der Waals surface area (Å²) in [6.45, 7) is 2.10. The second-order valence-electron chi connectivity index (χ2n) is 4.72. The van der Waals surface area contributed by atoms with Crippen LogP contribution in [0.5, 0.6) is 0 Å². The van der Waals surface area contributed by atoms with Gasteiger partial charge in [-0.15, -0.1) is 0 Å². The van der Waals surface area contributed by atoms with Gasteiger partial charge in [-0.05, 0) is 42.3 Å². The van der Waals surface area contributed by atoms with Crippen LogP contribution in [-0.2, 0) is 6.42 Å². The number of imidazole rings is 1. The zero-order chi connectivity index (χ0) is 15.0. The lowest BCUT2D eigenvalue weighted by Crippen LogP contribution is -2.03. The summed E-state index contributed by atoms with van der Waals surface area (Å²) in [7, 11) is 0. The zero-order valence-electron chi connectivity index (χ0n) is 11.5. The van der Waals surface area contributed by atoms with Gasteiger partial charge in [0.1, 0.15) is 11.6 Å². The molecule has 2 aromatic carbocycles. The average Bonchev–Trinajstić information content (AvgIpc) is 2.83. The van der Waals surface area contributed by atoms with E-state index in [1.807, 2.05) is 28.8 Å². The highest BCUT2D eigenvalue weighted by atomic mass is 79.9. The summed E-state index contributed by atoms with van der Waals surface area (Å²) in [5.41, 5.74) is 10.3. The Bertz CT molecular complexity index is 874. The molecule has 0 spiro atoms. The summed E-state index contributed by atoms with van der Waals surface area (Å²) in [5.74, 6) is 0.393. The lowest BCUT2D eigenvalue weighted by molar-refractivity contribution is 1.04. The first-order valence-corrected chi connectivity index (χ1v) is 7.41. The number of aromatic nitrogens is 2. The van der Waals surface area contributed by atoms with Crippen molar-refractivity contribution < 1.29 is 0 Å². The molecule has 0 saturated carbocycles. The van der Waals surface area contributed by atoms with E-state index in [4.69, 9.17) is 5.73 Å². The number of aryl methyl sites for hydroxylation is 1. The Kier molecular flexibility index (Phi) is 3.40. The van der Waals surface area contributed by atoms with Gasteiger partial charge in [-0.3, -0.25) is 4.57 Å². The molecule has 1 heterocycles. The van der Waals surface area contributed by atoms with Crippen molar-refractivity contribution >= 4 is 32.9 Å². The number of hydrogen-bond acceptors (Lipinski definition) is 3. The van der Waals surface area contributed by atoms with E-state index >= 15 is 0 Å². The molecular formula is C16H13BrN4. The topological polar surface area (TPSA) is 67.6 Å². The highest BCUT2D eigenvalue weighted by molar-refractivity contribution is 9.10. The highest BCUT2D eigenvalue weighted by Gasteiger charge is 2.15. The molecule has 2 N–H and O–H groups in total. The largest absolute Gasteiger partial charge is 0.369 e. The van der Waals surface area contributed by atoms with E-state index in [2.05, 4.69) is 40.0 Å². The first-order valence-electron chi connectivity index (χ1n) is 6.61. The number of anilines is 1.